The van der Waals surface area contributed by atoms with Crippen LogP contribution >= 0.6 is 0 Å². The Morgan fingerprint density at radius 3 is 3.29 bits per heavy atom. The minimum absolute atomic E-state index is 0.246. The largest absolute Gasteiger partial charge is 0.381 e. The normalized spacial score (nSPS) is 21.6. The van der Waals surface area contributed by atoms with Crippen LogP contribution in [0.15, 0.2) is 6.20 Å². The molecule has 14 heavy (non-hydrogen) atoms. The van der Waals surface area contributed by atoms with Crippen molar-refractivity contribution in [3.05, 3.63) is 6.20 Å². The molecule has 0 aromatic carbocycles. The van der Waals surface area contributed by atoms with E-state index in [1.54, 1.807) is 10.9 Å². The Morgan fingerprint density at radius 1 is 1.71 bits per heavy atom. The highest BCUT2D eigenvalue weighted by Gasteiger charge is 2.15. The first kappa shape index (κ1) is 9.42. The van der Waals surface area contributed by atoms with Crippen molar-refractivity contribution in [1.29, 1.82) is 0 Å². The summed E-state index contributed by atoms with van der Waals surface area (Å²) in [6.07, 6.45) is 2.92. The maximum absolute atomic E-state index is 5.56. The summed E-state index contributed by atoms with van der Waals surface area (Å²) in [5, 5.41) is 7.49. The first-order valence-corrected chi connectivity index (χ1v) is 4.69. The van der Waals surface area contributed by atoms with E-state index in [1.165, 1.54) is 0 Å². The third kappa shape index (κ3) is 2.43. The van der Waals surface area contributed by atoms with Crippen molar-refractivity contribution in [2.45, 2.75) is 19.1 Å². The molecule has 0 aliphatic carbocycles. The van der Waals surface area contributed by atoms with Gasteiger partial charge in [-0.05, 0) is 6.42 Å². The monoisotopic (exact) mass is 198 g/mol. The van der Waals surface area contributed by atoms with Gasteiger partial charge in [-0.15, -0.1) is 5.10 Å². The molecule has 1 unspecified atom stereocenters. The molecule has 1 saturated heterocycles. The Bertz CT molecular complexity index is 283. The number of rotatable bonds is 4. The SMILES string of the molecule is Nc1cn(CCOC2CCOC2)nn1. The average molecular weight is 198 g/mol. The summed E-state index contributed by atoms with van der Waals surface area (Å²) in [5.41, 5.74) is 5.42. The molecule has 6 heteroatoms. The van der Waals surface area contributed by atoms with Crippen LogP contribution in [0.3, 0.4) is 0 Å². The van der Waals surface area contributed by atoms with Crippen molar-refractivity contribution in [3.8, 4) is 0 Å². The molecule has 0 bridgehead atoms. The van der Waals surface area contributed by atoms with Gasteiger partial charge in [0, 0.05) is 6.61 Å². The number of nitrogens with zero attached hydrogens (tertiary/aromatic N) is 3. The molecule has 0 saturated carbocycles. The Hall–Kier alpha value is -1.14. The number of aromatic nitrogens is 3. The van der Waals surface area contributed by atoms with E-state index in [1.807, 2.05) is 0 Å². The maximum atomic E-state index is 5.56. The second kappa shape index (κ2) is 4.39. The summed E-state index contributed by atoms with van der Waals surface area (Å²) in [6.45, 7) is 2.82. The zero-order valence-corrected chi connectivity index (χ0v) is 7.93. The van der Waals surface area contributed by atoms with Crippen LogP contribution in [0, 0.1) is 0 Å². The molecule has 2 N–H and O–H groups in total. The second-order valence-electron chi connectivity index (χ2n) is 3.26. The first-order chi connectivity index (χ1) is 6.84. The summed E-state index contributed by atoms with van der Waals surface area (Å²) in [5.74, 6) is 0.439. The fraction of sp³-hybridized carbons (Fsp3) is 0.750. The highest BCUT2D eigenvalue weighted by atomic mass is 16.5. The average Bonchev–Trinajstić information content (AvgIpc) is 2.77. The van der Waals surface area contributed by atoms with Gasteiger partial charge < -0.3 is 15.2 Å². The van der Waals surface area contributed by atoms with Crippen molar-refractivity contribution in [2.75, 3.05) is 25.6 Å². The number of hydrogen-bond acceptors (Lipinski definition) is 5. The van der Waals surface area contributed by atoms with Crippen molar-refractivity contribution in [3.63, 3.8) is 0 Å². The minimum Gasteiger partial charge on any atom is -0.381 e. The number of nitrogens with two attached hydrogens (primary N) is 1. The van der Waals surface area contributed by atoms with Gasteiger partial charge in [-0.3, -0.25) is 0 Å². The molecule has 1 aromatic rings. The summed E-state index contributed by atoms with van der Waals surface area (Å²) < 4.78 is 12.4. The number of nitrogen functional groups attached to an aromatic ring is 1. The fourth-order valence-electron chi connectivity index (χ4n) is 1.38. The topological polar surface area (TPSA) is 75.2 Å². The molecule has 78 valence electrons. The second-order valence-corrected chi connectivity index (χ2v) is 3.26. The van der Waals surface area contributed by atoms with Crippen molar-refractivity contribution < 1.29 is 9.47 Å². The van der Waals surface area contributed by atoms with Crippen LogP contribution in [0.1, 0.15) is 6.42 Å². The van der Waals surface area contributed by atoms with E-state index in [0.717, 1.165) is 13.0 Å². The van der Waals surface area contributed by atoms with E-state index >= 15 is 0 Å². The van der Waals surface area contributed by atoms with Crippen LogP contribution in [0.25, 0.3) is 0 Å². The zero-order chi connectivity index (χ0) is 9.80. The highest BCUT2D eigenvalue weighted by molar-refractivity contribution is 5.19. The molecule has 1 aliphatic heterocycles. The summed E-state index contributed by atoms with van der Waals surface area (Å²) in [7, 11) is 0. The Balaban J connectivity index is 1.67. The maximum Gasteiger partial charge on any atom is 0.165 e. The number of hydrogen-bond donors (Lipinski definition) is 1. The molecule has 1 atom stereocenters. The van der Waals surface area contributed by atoms with Crippen LogP contribution < -0.4 is 5.73 Å². The molecule has 1 fully saturated rings. The number of ether oxygens (including phenoxy) is 2. The number of anilines is 1. The van der Waals surface area contributed by atoms with Crippen LogP contribution in [0.4, 0.5) is 5.82 Å². The van der Waals surface area contributed by atoms with Gasteiger partial charge in [0.2, 0.25) is 0 Å². The van der Waals surface area contributed by atoms with Gasteiger partial charge in [-0.1, -0.05) is 5.21 Å². The molecule has 0 amide bonds. The predicted octanol–water partition coefficient (Wildman–Crippen LogP) is -0.334. The molecular formula is C8H14N4O2. The van der Waals surface area contributed by atoms with Crippen molar-refractivity contribution in [1.82, 2.24) is 15.0 Å². The van der Waals surface area contributed by atoms with Gasteiger partial charge >= 0.3 is 0 Å². The zero-order valence-electron chi connectivity index (χ0n) is 7.93. The molecule has 2 rings (SSSR count). The van der Waals surface area contributed by atoms with Gasteiger partial charge in [-0.25, -0.2) is 4.68 Å². The van der Waals surface area contributed by atoms with Gasteiger partial charge in [0.05, 0.1) is 32.1 Å². The third-order valence-electron chi connectivity index (χ3n) is 2.12. The summed E-state index contributed by atoms with van der Waals surface area (Å²) >= 11 is 0. The van der Waals surface area contributed by atoms with E-state index in [4.69, 9.17) is 15.2 Å². The van der Waals surface area contributed by atoms with Crippen LogP contribution in [0.2, 0.25) is 0 Å². The lowest BCUT2D eigenvalue weighted by atomic mass is 10.3. The van der Waals surface area contributed by atoms with Gasteiger partial charge in [-0.2, -0.15) is 0 Å². The molecule has 0 spiro atoms. The predicted molar refractivity (Wildman–Crippen MR) is 49.6 cm³/mol. The van der Waals surface area contributed by atoms with Crippen molar-refractivity contribution in [2.24, 2.45) is 0 Å². The lowest BCUT2D eigenvalue weighted by molar-refractivity contribution is 0.0369. The molecule has 6 nitrogen and oxygen atoms in total. The van der Waals surface area contributed by atoms with Gasteiger partial charge in [0.25, 0.3) is 0 Å². The summed E-state index contributed by atoms with van der Waals surface area (Å²) in [4.78, 5) is 0. The van der Waals surface area contributed by atoms with E-state index in [9.17, 15) is 0 Å². The van der Waals surface area contributed by atoms with Crippen molar-refractivity contribution >= 4 is 5.82 Å². The first-order valence-electron chi connectivity index (χ1n) is 4.69. The Kier molecular flexibility index (Phi) is 2.95. The van der Waals surface area contributed by atoms with E-state index in [-0.39, 0.29) is 6.10 Å². The smallest absolute Gasteiger partial charge is 0.165 e. The van der Waals surface area contributed by atoms with Crippen LogP contribution in [-0.4, -0.2) is 40.9 Å². The van der Waals surface area contributed by atoms with Gasteiger partial charge in [0.15, 0.2) is 5.82 Å². The third-order valence-corrected chi connectivity index (χ3v) is 2.12. The lowest BCUT2D eigenvalue weighted by Gasteiger charge is -2.08. The standard InChI is InChI=1S/C8H14N4O2/c9-8-5-12(11-10-8)2-4-14-7-1-3-13-6-7/h5,7H,1-4,6,9H2. The molecular weight excluding hydrogens is 184 g/mol. The molecule has 0 radical (unpaired) electrons. The van der Waals surface area contributed by atoms with Crippen LogP contribution in [-0.2, 0) is 16.0 Å². The Labute approximate surface area is 82.0 Å². The fourth-order valence-corrected chi connectivity index (χ4v) is 1.38. The molecule has 2 heterocycles. The molecule has 1 aliphatic rings. The van der Waals surface area contributed by atoms with E-state index in [0.29, 0.717) is 25.6 Å². The Morgan fingerprint density at radius 2 is 2.64 bits per heavy atom. The summed E-state index contributed by atoms with van der Waals surface area (Å²) in [6, 6.07) is 0. The quantitative estimate of drug-likeness (QED) is 0.716. The van der Waals surface area contributed by atoms with E-state index in [2.05, 4.69) is 10.3 Å². The van der Waals surface area contributed by atoms with Gasteiger partial charge in [0.1, 0.15) is 0 Å². The van der Waals surface area contributed by atoms with Crippen LogP contribution in [0.5, 0.6) is 0 Å². The minimum atomic E-state index is 0.246. The lowest BCUT2D eigenvalue weighted by Crippen LogP contribution is -2.16. The highest BCUT2D eigenvalue weighted by Crippen LogP contribution is 2.07. The van der Waals surface area contributed by atoms with E-state index < -0.39 is 0 Å². The molecule has 1 aromatic heterocycles.